The van der Waals surface area contributed by atoms with Gasteiger partial charge in [0.1, 0.15) is 11.5 Å². The molecule has 0 atom stereocenters. The van der Waals surface area contributed by atoms with Gasteiger partial charge in [0, 0.05) is 18.6 Å². The Labute approximate surface area is 140 Å². The number of ether oxygens (including phenoxy) is 2. The van der Waals surface area contributed by atoms with E-state index in [9.17, 15) is 14.9 Å². The summed E-state index contributed by atoms with van der Waals surface area (Å²) in [7, 11) is 1.63. The van der Waals surface area contributed by atoms with Crippen molar-refractivity contribution in [2.24, 2.45) is 0 Å². The van der Waals surface area contributed by atoms with E-state index in [2.05, 4.69) is 0 Å². The van der Waals surface area contributed by atoms with Gasteiger partial charge < -0.3 is 9.47 Å². The Morgan fingerprint density at radius 2 is 1.83 bits per heavy atom. The number of unbranched alkanes of at least 4 members (excludes halogenated alkanes) is 1. The molecule has 0 N–H and O–H groups in total. The van der Waals surface area contributed by atoms with Gasteiger partial charge in [-0.15, -0.1) is 0 Å². The van der Waals surface area contributed by atoms with Crippen LogP contribution in [0.15, 0.2) is 48.5 Å². The predicted molar refractivity (Wildman–Crippen MR) is 89.3 cm³/mol. The number of methoxy groups -OCH3 is 1. The number of esters is 1. The zero-order chi connectivity index (χ0) is 17.4. The first kappa shape index (κ1) is 17.5. The van der Waals surface area contributed by atoms with Crippen molar-refractivity contribution in [1.29, 1.82) is 0 Å². The highest BCUT2D eigenvalue weighted by molar-refractivity contribution is 5.72. The van der Waals surface area contributed by atoms with Crippen LogP contribution in [0.2, 0.25) is 0 Å². The number of nitro benzene ring substituents is 1. The quantitative estimate of drug-likeness (QED) is 0.241. The molecule has 2 aromatic carbocycles. The minimum absolute atomic E-state index is 0.0342. The fraction of sp³-hybridized carbons (Fsp3) is 0.278. The first-order valence-corrected chi connectivity index (χ1v) is 7.66. The lowest BCUT2D eigenvalue weighted by Gasteiger charge is -2.05. The lowest BCUT2D eigenvalue weighted by atomic mass is 10.1. The summed E-state index contributed by atoms with van der Waals surface area (Å²) in [4.78, 5) is 21.8. The Morgan fingerprint density at radius 1 is 1.08 bits per heavy atom. The number of hydrogen-bond donors (Lipinski definition) is 0. The molecule has 0 amide bonds. The molecule has 0 aliphatic heterocycles. The largest absolute Gasteiger partial charge is 0.497 e. The number of benzene rings is 2. The molecule has 126 valence electrons. The maximum atomic E-state index is 11.8. The van der Waals surface area contributed by atoms with Crippen LogP contribution in [0.4, 0.5) is 5.69 Å². The molecule has 0 aromatic heterocycles. The monoisotopic (exact) mass is 329 g/mol. The fourth-order valence-corrected chi connectivity index (χ4v) is 2.24. The van der Waals surface area contributed by atoms with Gasteiger partial charge in [-0.3, -0.25) is 14.9 Å². The highest BCUT2D eigenvalue weighted by Gasteiger charge is 2.08. The van der Waals surface area contributed by atoms with E-state index < -0.39 is 4.92 Å². The number of carbonyl (C=O) groups excluding carboxylic acids is 1. The van der Waals surface area contributed by atoms with Crippen LogP contribution in [-0.4, -0.2) is 18.0 Å². The molecule has 0 fully saturated rings. The van der Waals surface area contributed by atoms with Crippen LogP contribution in [0.25, 0.3) is 0 Å². The maximum absolute atomic E-state index is 11.8. The molecule has 0 radical (unpaired) electrons. The Morgan fingerprint density at radius 3 is 2.50 bits per heavy atom. The molecule has 24 heavy (non-hydrogen) atoms. The Bertz CT molecular complexity index is 697. The second kappa shape index (κ2) is 8.67. The van der Waals surface area contributed by atoms with Crippen molar-refractivity contribution in [2.75, 3.05) is 7.11 Å². The van der Waals surface area contributed by atoms with Crippen LogP contribution in [0.5, 0.6) is 11.5 Å². The Balaban J connectivity index is 1.72. The lowest BCUT2D eigenvalue weighted by Crippen LogP contribution is -2.07. The van der Waals surface area contributed by atoms with Gasteiger partial charge in [-0.1, -0.05) is 12.1 Å². The second-order valence-corrected chi connectivity index (χ2v) is 5.28. The number of carbonyl (C=O) groups is 1. The molecule has 0 saturated carbocycles. The van der Waals surface area contributed by atoms with E-state index in [4.69, 9.17) is 9.47 Å². The smallest absolute Gasteiger partial charge is 0.311 e. The van der Waals surface area contributed by atoms with Gasteiger partial charge in [0.15, 0.2) is 0 Å². The van der Waals surface area contributed by atoms with Gasteiger partial charge in [0.05, 0.1) is 12.0 Å². The van der Waals surface area contributed by atoms with E-state index in [-0.39, 0.29) is 11.7 Å². The molecule has 0 saturated heterocycles. The van der Waals surface area contributed by atoms with E-state index in [1.807, 2.05) is 24.3 Å². The summed E-state index contributed by atoms with van der Waals surface area (Å²) >= 11 is 0. The van der Waals surface area contributed by atoms with Crippen molar-refractivity contribution in [3.63, 3.8) is 0 Å². The van der Waals surface area contributed by atoms with Crippen LogP contribution in [0.1, 0.15) is 24.8 Å². The Hall–Kier alpha value is -2.89. The fourth-order valence-electron chi connectivity index (χ4n) is 2.24. The Kier molecular flexibility index (Phi) is 6.31. The molecule has 0 aliphatic carbocycles. The van der Waals surface area contributed by atoms with Crippen LogP contribution >= 0.6 is 0 Å². The summed E-state index contributed by atoms with van der Waals surface area (Å²) in [5.74, 6) is 0.804. The average molecular weight is 329 g/mol. The van der Waals surface area contributed by atoms with Gasteiger partial charge in [-0.25, -0.2) is 0 Å². The summed E-state index contributed by atoms with van der Waals surface area (Å²) in [6.07, 6.45) is 2.74. The number of non-ortho nitro benzene ring substituents is 1. The van der Waals surface area contributed by atoms with Crippen molar-refractivity contribution >= 4 is 11.7 Å². The summed E-state index contributed by atoms with van der Waals surface area (Å²) in [6, 6.07) is 13.3. The standard InChI is InChI=1S/C18H19NO5/c1-23-17-7-4-6-14(13-17)5-2-3-8-18(20)24-16-11-9-15(10-12-16)19(21)22/h4,6-7,9-13H,2-3,5,8H2,1H3. The summed E-state index contributed by atoms with van der Waals surface area (Å²) < 4.78 is 10.3. The third kappa shape index (κ3) is 5.39. The van der Waals surface area contributed by atoms with Gasteiger partial charge in [0.25, 0.3) is 5.69 Å². The summed E-state index contributed by atoms with van der Waals surface area (Å²) in [6.45, 7) is 0. The van der Waals surface area contributed by atoms with E-state index >= 15 is 0 Å². The lowest BCUT2D eigenvalue weighted by molar-refractivity contribution is -0.384. The van der Waals surface area contributed by atoms with Crippen LogP contribution < -0.4 is 9.47 Å². The minimum atomic E-state index is -0.496. The third-order valence-corrected chi connectivity index (χ3v) is 3.51. The number of hydrogen-bond acceptors (Lipinski definition) is 5. The van der Waals surface area contributed by atoms with Crippen LogP contribution in [0, 0.1) is 10.1 Å². The molecule has 2 aromatic rings. The van der Waals surface area contributed by atoms with E-state index in [0.717, 1.165) is 24.2 Å². The number of nitrogens with zero attached hydrogens (tertiary/aromatic N) is 1. The topological polar surface area (TPSA) is 78.7 Å². The van der Waals surface area contributed by atoms with Crippen molar-refractivity contribution in [2.45, 2.75) is 25.7 Å². The van der Waals surface area contributed by atoms with Crippen molar-refractivity contribution in [3.05, 3.63) is 64.2 Å². The molecule has 0 bridgehead atoms. The van der Waals surface area contributed by atoms with Gasteiger partial charge in [-0.2, -0.15) is 0 Å². The third-order valence-electron chi connectivity index (χ3n) is 3.51. The number of rotatable bonds is 8. The SMILES string of the molecule is COc1cccc(CCCCC(=O)Oc2ccc([N+](=O)[O-])cc2)c1. The molecule has 0 spiro atoms. The zero-order valence-electron chi connectivity index (χ0n) is 13.4. The van der Waals surface area contributed by atoms with Gasteiger partial charge >= 0.3 is 5.97 Å². The number of aryl methyl sites for hydroxylation is 1. The van der Waals surface area contributed by atoms with Crippen LogP contribution in [-0.2, 0) is 11.2 Å². The second-order valence-electron chi connectivity index (χ2n) is 5.28. The molecular formula is C18H19NO5. The zero-order valence-corrected chi connectivity index (χ0v) is 13.4. The van der Waals surface area contributed by atoms with Gasteiger partial charge in [-0.05, 0) is 49.1 Å². The molecule has 6 nitrogen and oxygen atoms in total. The normalized spacial score (nSPS) is 10.2. The maximum Gasteiger partial charge on any atom is 0.311 e. The van der Waals surface area contributed by atoms with Crippen molar-refractivity contribution < 1.29 is 19.2 Å². The summed E-state index contributed by atoms with van der Waals surface area (Å²) in [5, 5.41) is 10.6. The van der Waals surface area contributed by atoms with Crippen LogP contribution in [0.3, 0.4) is 0 Å². The average Bonchev–Trinajstić information content (AvgIpc) is 2.59. The molecule has 6 heteroatoms. The van der Waals surface area contributed by atoms with Gasteiger partial charge in [0.2, 0.25) is 0 Å². The highest BCUT2D eigenvalue weighted by atomic mass is 16.6. The number of nitro groups is 1. The molecule has 0 unspecified atom stereocenters. The highest BCUT2D eigenvalue weighted by Crippen LogP contribution is 2.18. The first-order chi connectivity index (χ1) is 11.6. The van der Waals surface area contributed by atoms with E-state index in [1.54, 1.807) is 7.11 Å². The van der Waals surface area contributed by atoms with Crippen molar-refractivity contribution in [1.82, 2.24) is 0 Å². The van der Waals surface area contributed by atoms with Crippen molar-refractivity contribution in [3.8, 4) is 11.5 Å². The minimum Gasteiger partial charge on any atom is -0.497 e. The molecule has 0 aliphatic rings. The van der Waals surface area contributed by atoms with E-state index in [1.165, 1.54) is 24.3 Å². The predicted octanol–water partition coefficient (Wildman–Crippen LogP) is 3.92. The molecule has 2 rings (SSSR count). The molecule has 0 heterocycles. The summed E-state index contributed by atoms with van der Waals surface area (Å²) in [5.41, 5.74) is 1.13. The molecular weight excluding hydrogens is 310 g/mol. The van der Waals surface area contributed by atoms with E-state index in [0.29, 0.717) is 18.6 Å². The first-order valence-electron chi connectivity index (χ1n) is 7.66.